The number of fused-ring (bicyclic) bond motifs is 2. The number of rotatable bonds is 4. The van der Waals surface area contributed by atoms with E-state index in [-0.39, 0.29) is 31.5 Å². The Kier molecular flexibility index (Phi) is 5.59. The second kappa shape index (κ2) is 8.19. The third-order valence-corrected chi connectivity index (χ3v) is 8.46. The number of aliphatic hydroxyl groups is 1. The van der Waals surface area contributed by atoms with Crippen molar-refractivity contribution in [2.45, 2.75) is 49.5 Å². The molecule has 0 saturated carbocycles. The van der Waals surface area contributed by atoms with E-state index >= 15 is 0 Å². The van der Waals surface area contributed by atoms with E-state index in [4.69, 9.17) is 4.74 Å². The number of H-pyrrole nitrogens is 1. The first-order valence-electron chi connectivity index (χ1n) is 11.4. The summed E-state index contributed by atoms with van der Waals surface area (Å²) in [5.74, 6) is -0.0943. The predicted octanol–water partition coefficient (Wildman–Crippen LogP) is 1.13. The highest BCUT2D eigenvalue weighted by atomic mass is 32.2. The predicted molar refractivity (Wildman–Crippen MR) is 122 cm³/mol. The molecule has 2 unspecified atom stereocenters. The van der Waals surface area contributed by atoms with Crippen molar-refractivity contribution >= 4 is 33.7 Å². The number of aryl methyl sites for hydroxylation is 1. The number of aromatic nitrogens is 1. The van der Waals surface area contributed by atoms with Crippen LogP contribution in [0, 0.1) is 6.92 Å². The molecule has 2 amide bonds. The van der Waals surface area contributed by atoms with Crippen molar-refractivity contribution in [2.24, 2.45) is 0 Å². The Morgan fingerprint density at radius 1 is 1.24 bits per heavy atom. The first kappa shape index (κ1) is 22.5. The molecule has 1 spiro atoms. The van der Waals surface area contributed by atoms with Gasteiger partial charge in [-0.15, -0.1) is 0 Å². The fourth-order valence-electron chi connectivity index (χ4n) is 5.31. The van der Waals surface area contributed by atoms with Gasteiger partial charge in [-0.25, -0.2) is 8.51 Å². The maximum atomic E-state index is 13.4. The van der Waals surface area contributed by atoms with Crippen molar-refractivity contribution in [1.82, 2.24) is 19.1 Å². The molecule has 2 N–H and O–H groups in total. The summed E-state index contributed by atoms with van der Waals surface area (Å²) < 4.78 is 21.5. The molecular weight excluding hydrogens is 444 g/mol. The lowest BCUT2D eigenvalue weighted by atomic mass is 9.91. The van der Waals surface area contributed by atoms with Gasteiger partial charge in [-0.05, 0) is 38.0 Å². The lowest BCUT2D eigenvalue weighted by Crippen LogP contribution is -2.64. The summed E-state index contributed by atoms with van der Waals surface area (Å²) in [5, 5.41) is 11.8. The minimum Gasteiger partial charge on any atom is -0.391 e. The number of aromatic amines is 1. The topological polar surface area (TPSA) is 106 Å². The Bertz CT molecular complexity index is 1130. The highest BCUT2D eigenvalue weighted by Crippen LogP contribution is 2.43. The van der Waals surface area contributed by atoms with Gasteiger partial charge < -0.3 is 24.6 Å². The van der Waals surface area contributed by atoms with Gasteiger partial charge in [0.25, 0.3) is 0 Å². The van der Waals surface area contributed by atoms with Crippen LogP contribution in [0.5, 0.6) is 0 Å². The summed E-state index contributed by atoms with van der Waals surface area (Å²) in [6, 6.07) is 7.80. The van der Waals surface area contributed by atoms with Crippen molar-refractivity contribution < 1.29 is 23.6 Å². The maximum absolute atomic E-state index is 13.4. The molecule has 2 atom stereocenters. The van der Waals surface area contributed by atoms with Crippen molar-refractivity contribution in [2.75, 3.05) is 39.3 Å². The number of hydrogen-bond donors (Lipinski definition) is 2. The van der Waals surface area contributed by atoms with Gasteiger partial charge in [-0.2, -0.15) is 0 Å². The van der Waals surface area contributed by atoms with Gasteiger partial charge in [-0.3, -0.25) is 9.59 Å². The van der Waals surface area contributed by atoms with Crippen molar-refractivity contribution in [3.8, 4) is 0 Å². The molecule has 0 radical (unpaired) electrons. The lowest BCUT2D eigenvalue weighted by molar-refractivity contribution is -0.194. The normalized spacial score (nSPS) is 26.2. The summed E-state index contributed by atoms with van der Waals surface area (Å²) in [4.78, 5) is 31.8. The number of aliphatic hydroxyl groups excluding tert-OH is 1. The molecule has 10 heteroatoms. The van der Waals surface area contributed by atoms with E-state index in [2.05, 4.69) is 4.98 Å². The number of piperazine rings is 1. The van der Waals surface area contributed by atoms with Gasteiger partial charge in [0.05, 0.1) is 31.8 Å². The van der Waals surface area contributed by atoms with Crippen LogP contribution in [0.1, 0.15) is 31.7 Å². The average molecular weight is 475 g/mol. The Hall–Kier alpha value is -2.27. The number of likely N-dealkylation sites (tertiary alicyclic amines) is 1. The SMILES string of the molecule is CCC(=O)N1CCC2(CC1)CN1C(=O)CN(S(=O)c3cc4cc(C)ccc4[nH]3)CC1(CO)O2. The summed E-state index contributed by atoms with van der Waals surface area (Å²) in [6.07, 6.45) is 1.68. The fraction of sp³-hybridized carbons (Fsp3) is 0.565. The molecule has 3 aliphatic heterocycles. The van der Waals surface area contributed by atoms with E-state index < -0.39 is 22.3 Å². The number of piperidine rings is 1. The number of carbonyl (C=O) groups is 2. The van der Waals surface area contributed by atoms with Gasteiger partial charge in [0.15, 0.2) is 5.72 Å². The van der Waals surface area contributed by atoms with E-state index in [0.29, 0.717) is 43.9 Å². The number of carbonyl (C=O) groups excluding carboxylic acids is 2. The zero-order valence-corrected chi connectivity index (χ0v) is 19.8. The van der Waals surface area contributed by atoms with Crippen LogP contribution in [0.15, 0.2) is 29.3 Å². The molecular formula is C23H30N4O5S. The number of amides is 2. The monoisotopic (exact) mass is 474 g/mol. The third kappa shape index (κ3) is 3.78. The lowest BCUT2D eigenvalue weighted by Gasteiger charge is -2.43. The highest BCUT2D eigenvalue weighted by Gasteiger charge is 2.60. The number of hydrogen-bond acceptors (Lipinski definition) is 5. The molecule has 3 aliphatic rings. The molecule has 1 aromatic carbocycles. The Labute approximate surface area is 195 Å². The van der Waals surface area contributed by atoms with Crippen LogP contribution >= 0.6 is 0 Å². The fourth-order valence-corrected chi connectivity index (χ4v) is 6.56. The van der Waals surface area contributed by atoms with E-state index in [0.717, 1.165) is 16.5 Å². The quantitative estimate of drug-likeness (QED) is 0.691. The summed E-state index contributed by atoms with van der Waals surface area (Å²) >= 11 is 0. The molecule has 0 bridgehead atoms. The van der Waals surface area contributed by atoms with E-state index in [9.17, 15) is 18.9 Å². The Morgan fingerprint density at radius 2 is 2.00 bits per heavy atom. The molecule has 4 heterocycles. The van der Waals surface area contributed by atoms with Crippen molar-refractivity contribution in [3.63, 3.8) is 0 Å². The molecule has 178 valence electrons. The molecule has 5 rings (SSSR count). The summed E-state index contributed by atoms with van der Waals surface area (Å²) in [7, 11) is -1.61. The highest BCUT2D eigenvalue weighted by molar-refractivity contribution is 7.82. The molecule has 33 heavy (non-hydrogen) atoms. The van der Waals surface area contributed by atoms with Gasteiger partial charge in [0.2, 0.25) is 11.8 Å². The second-order valence-electron chi connectivity index (χ2n) is 9.38. The molecule has 3 saturated heterocycles. The smallest absolute Gasteiger partial charge is 0.240 e. The first-order chi connectivity index (χ1) is 15.8. The standard InChI is InChI=1S/C23H30N4O5S/c1-3-20(29)25-8-6-22(7-9-25)13-27-21(30)12-26(14-23(27,15-28)32-22)33(31)19-11-17-10-16(2)4-5-18(17)24-19/h4-5,10-11,24,28H,3,6-9,12-15H2,1-2H3. The zero-order chi connectivity index (χ0) is 23.4. The Balaban J connectivity index is 1.36. The van der Waals surface area contributed by atoms with Crippen LogP contribution in [0.25, 0.3) is 10.9 Å². The molecule has 3 fully saturated rings. The summed E-state index contributed by atoms with van der Waals surface area (Å²) in [6.45, 7) is 5.13. The number of nitrogens with zero attached hydrogens (tertiary/aromatic N) is 3. The van der Waals surface area contributed by atoms with Crippen LogP contribution in [-0.4, -0.2) is 90.9 Å². The van der Waals surface area contributed by atoms with Crippen LogP contribution in [-0.2, 0) is 25.3 Å². The van der Waals surface area contributed by atoms with E-state index in [1.54, 1.807) is 9.21 Å². The number of benzene rings is 1. The summed E-state index contributed by atoms with van der Waals surface area (Å²) in [5.41, 5.74) is 0.164. The molecule has 1 aromatic heterocycles. The third-order valence-electron chi connectivity index (χ3n) is 7.13. The van der Waals surface area contributed by atoms with Gasteiger partial charge >= 0.3 is 0 Å². The average Bonchev–Trinajstić information content (AvgIpc) is 3.38. The van der Waals surface area contributed by atoms with Gasteiger partial charge in [0, 0.05) is 30.4 Å². The minimum atomic E-state index is -1.61. The second-order valence-corrected chi connectivity index (χ2v) is 10.8. The van der Waals surface area contributed by atoms with E-state index in [1.807, 2.05) is 43.0 Å². The van der Waals surface area contributed by atoms with Crippen molar-refractivity contribution in [3.05, 3.63) is 29.8 Å². The van der Waals surface area contributed by atoms with Crippen LogP contribution in [0.3, 0.4) is 0 Å². The largest absolute Gasteiger partial charge is 0.391 e. The van der Waals surface area contributed by atoms with E-state index in [1.165, 1.54) is 0 Å². The number of ether oxygens (including phenoxy) is 1. The molecule has 2 aromatic rings. The molecule has 9 nitrogen and oxygen atoms in total. The van der Waals surface area contributed by atoms with Crippen LogP contribution in [0.2, 0.25) is 0 Å². The van der Waals surface area contributed by atoms with Gasteiger partial charge in [0.1, 0.15) is 16.0 Å². The van der Waals surface area contributed by atoms with Crippen LogP contribution in [0.4, 0.5) is 0 Å². The van der Waals surface area contributed by atoms with Gasteiger partial charge in [-0.1, -0.05) is 18.6 Å². The Morgan fingerprint density at radius 3 is 2.70 bits per heavy atom. The first-order valence-corrected chi connectivity index (χ1v) is 12.5. The molecule has 0 aliphatic carbocycles. The number of nitrogens with one attached hydrogen (secondary N) is 1. The maximum Gasteiger partial charge on any atom is 0.240 e. The van der Waals surface area contributed by atoms with Crippen molar-refractivity contribution in [1.29, 1.82) is 0 Å². The minimum absolute atomic E-state index is 0.0113. The van der Waals surface area contributed by atoms with Crippen LogP contribution < -0.4 is 0 Å². The zero-order valence-electron chi connectivity index (χ0n) is 19.0.